The van der Waals surface area contributed by atoms with E-state index in [2.05, 4.69) is 5.32 Å². The van der Waals surface area contributed by atoms with E-state index in [1.807, 2.05) is 42.5 Å². The Morgan fingerprint density at radius 1 is 1.09 bits per heavy atom. The minimum atomic E-state index is -0.637. The van der Waals surface area contributed by atoms with Gasteiger partial charge in [0.15, 0.2) is 0 Å². The number of carbonyl (C=O) groups is 1. The van der Waals surface area contributed by atoms with Gasteiger partial charge in [0.05, 0.1) is 15.8 Å². The molecule has 2 N–H and O–H groups in total. The summed E-state index contributed by atoms with van der Waals surface area (Å²) in [5, 5.41) is 13.2. The molecule has 118 valence electrons. The molecule has 0 aliphatic carbocycles. The van der Waals surface area contributed by atoms with Gasteiger partial charge in [-0.25, -0.2) is 0 Å². The zero-order chi connectivity index (χ0) is 16.2. The van der Waals surface area contributed by atoms with E-state index in [4.69, 9.17) is 11.6 Å². The summed E-state index contributed by atoms with van der Waals surface area (Å²) in [6.45, 7) is 0.431. The number of hydrogen-bond donors (Lipinski definition) is 2. The van der Waals surface area contributed by atoms with Gasteiger partial charge in [-0.1, -0.05) is 41.9 Å². The Morgan fingerprint density at radius 3 is 2.57 bits per heavy atom. The zero-order valence-electron chi connectivity index (χ0n) is 12.0. The summed E-state index contributed by atoms with van der Waals surface area (Å²) >= 11 is 8.58. The second-order valence-corrected chi connectivity index (χ2v) is 7.82. The minimum absolute atomic E-state index is 0.138. The Hall–Kier alpha value is -1.66. The van der Waals surface area contributed by atoms with Gasteiger partial charge in [-0.3, -0.25) is 4.79 Å². The lowest BCUT2D eigenvalue weighted by molar-refractivity contribution is 0.0955. The molecule has 0 aliphatic rings. The Balaban J connectivity index is 1.62. The first-order chi connectivity index (χ1) is 11.1. The molecule has 0 spiro atoms. The van der Waals surface area contributed by atoms with Crippen molar-refractivity contribution in [3.05, 3.63) is 79.1 Å². The quantitative estimate of drug-likeness (QED) is 0.702. The van der Waals surface area contributed by atoms with Gasteiger partial charge < -0.3 is 10.4 Å². The van der Waals surface area contributed by atoms with Crippen LogP contribution in [0.5, 0.6) is 0 Å². The molecule has 1 aromatic carbocycles. The van der Waals surface area contributed by atoms with Gasteiger partial charge >= 0.3 is 0 Å². The van der Waals surface area contributed by atoms with Crippen LogP contribution in [0.4, 0.5) is 0 Å². The fraction of sp³-hybridized carbons (Fsp3) is 0.118. The van der Waals surface area contributed by atoms with Crippen LogP contribution < -0.4 is 5.32 Å². The van der Waals surface area contributed by atoms with Gasteiger partial charge in [-0.15, -0.1) is 22.7 Å². The highest BCUT2D eigenvalue weighted by atomic mass is 35.5. The number of aliphatic hydroxyl groups excluding tert-OH is 1. The molecular weight excluding hydrogens is 350 g/mol. The van der Waals surface area contributed by atoms with Crippen molar-refractivity contribution < 1.29 is 9.90 Å². The summed E-state index contributed by atoms with van der Waals surface area (Å²) in [5.41, 5.74) is 0.859. The van der Waals surface area contributed by atoms with Gasteiger partial charge in [-0.05, 0) is 29.8 Å². The molecule has 3 aromatic rings. The van der Waals surface area contributed by atoms with Crippen molar-refractivity contribution >= 4 is 40.2 Å². The molecule has 3 rings (SSSR count). The predicted molar refractivity (Wildman–Crippen MR) is 95.3 cm³/mol. The molecule has 6 heteroatoms. The van der Waals surface area contributed by atoms with Gasteiger partial charge in [-0.2, -0.15) is 0 Å². The number of carbonyl (C=O) groups excluding carboxylic acids is 1. The Morgan fingerprint density at radius 2 is 1.87 bits per heavy atom. The maximum absolute atomic E-state index is 12.0. The smallest absolute Gasteiger partial charge is 0.261 e. The van der Waals surface area contributed by atoms with Crippen LogP contribution in [-0.4, -0.2) is 11.0 Å². The second-order valence-electron chi connectivity index (χ2n) is 4.90. The summed E-state index contributed by atoms with van der Waals surface area (Å²) in [6, 6.07) is 16.8. The van der Waals surface area contributed by atoms with E-state index in [0.717, 1.165) is 15.3 Å². The molecule has 1 unspecified atom stereocenters. The molecule has 1 amide bonds. The third kappa shape index (κ3) is 4.00. The van der Waals surface area contributed by atoms with Crippen LogP contribution in [0.3, 0.4) is 0 Å². The Kier molecular flexibility index (Phi) is 5.13. The van der Waals surface area contributed by atoms with Gasteiger partial charge in [0.2, 0.25) is 0 Å². The van der Waals surface area contributed by atoms with E-state index < -0.39 is 6.10 Å². The van der Waals surface area contributed by atoms with Crippen LogP contribution in [0.15, 0.2) is 54.6 Å². The van der Waals surface area contributed by atoms with Crippen LogP contribution in [0.1, 0.15) is 31.1 Å². The molecule has 0 radical (unpaired) electrons. The first-order valence-corrected chi connectivity index (χ1v) is 9.00. The Labute approximate surface area is 147 Å². The van der Waals surface area contributed by atoms with E-state index >= 15 is 0 Å². The predicted octanol–water partition coefficient (Wildman–Crippen LogP) is 4.47. The third-order valence-electron chi connectivity index (χ3n) is 3.29. The summed E-state index contributed by atoms with van der Waals surface area (Å²) < 4.78 is 0.597. The Bertz CT molecular complexity index is 798. The van der Waals surface area contributed by atoms with Gasteiger partial charge in [0.1, 0.15) is 6.10 Å². The van der Waals surface area contributed by atoms with E-state index in [-0.39, 0.29) is 5.91 Å². The first-order valence-electron chi connectivity index (χ1n) is 6.98. The molecule has 23 heavy (non-hydrogen) atoms. The third-order valence-corrected chi connectivity index (χ3v) is 5.65. The number of halogens is 1. The van der Waals surface area contributed by atoms with Crippen molar-refractivity contribution in [1.29, 1.82) is 0 Å². The first kappa shape index (κ1) is 16.2. The number of rotatable bonds is 5. The fourth-order valence-electron chi connectivity index (χ4n) is 2.13. The van der Waals surface area contributed by atoms with Crippen molar-refractivity contribution in [2.45, 2.75) is 12.6 Å². The number of aliphatic hydroxyl groups is 1. The van der Waals surface area contributed by atoms with Crippen LogP contribution in [-0.2, 0) is 6.54 Å². The minimum Gasteiger partial charge on any atom is -0.383 e. The molecule has 2 aromatic heterocycles. The summed E-state index contributed by atoms with van der Waals surface area (Å²) in [4.78, 5) is 14.4. The van der Waals surface area contributed by atoms with E-state index in [1.165, 1.54) is 22.7 Å². The standard InChI is InChI=1S/C17H14ClNO2S2/c18-15-9-8-14(23-15)17(21)19-10-12-6-7-13(22-12)16(20)11-4-2-1-3-5-11/h1-9,16,20H,10H2,(H,19,21). The summed E-state index contributed by atoms with van der Waals surface area (Å²) in [7, 11) is 0. The fourth-order valence-corrected chi connectivity index (χ4v) is 4.05. The number of benzene rings is 1. The maximum Gasteiger partial charge on any atom is 0.261 e. The molecule has 0 saturated heterocycles. The lowest BCUT2D eigenvalue weighted by Crippen LogP contribution is -2.21. The largest absolute Gasteiger partial charge is 0.383 e. The highest BCUT2D eigenvalue weighted by Crippen LogP contribution is 2.28. The van der Waals surface area contributed by atoms with Crippen molar-refractivity contribution in [2.24, 2.45) is 0 Å². The molecule has 0 saturated carbocycles. The van der Waals surface area contributed by atoms with Crippen LogP contribution >= 0.6 is 34.3 Å². The topological polar surface area (TPSA) is 49.3 Å². The normalized spacial score (nSPS) is 12.1. The van der Waals surface area contributed by atoms with Crippen LogP contribution in [0.25, 0.3) is 0 Å². The number of amides is 1. The van der Waals surface area contributed by atoms with Crippen molar-refractivity contribution in [3.8, 4) is 0 Å². The molecule has 3 nitrogen and oxygen atoms in total. The van der Waals surface area contributed by atoms with Crippen molar-refractivity contribution in [2.75, 3.05) is 0 Å². The average molecular weight is 364 g/mol. The highest BCUT2D eigenvalue weighted by molar-refractivity contribution is 7.18. The van der Waals surface area contributed by atoms with Gasteiger partial charge in [0, 0.05) is 9.75 Å². The van der Waals surface area contributed by atoms with E-state index in [0.29, 0.717) is 15.8 Å². The molecule has 2 heterocycles. The van der Waals surface area contributed by atoms with Crippen LogP contribution in [0, 0.1) is 0 Å². The SMILES string of the molecule is O=C(NCc1ccc(C(O)c2ccccc2)s1)c1ccc(Cl)s1. The molecule has 0 fully saturated rings. The zero-order valence-corrected chi connectivity index (χ0v) is 14.4. The van der Waals surface area contributed by atoms with E-state index in [1.54, 1.807) is 12.1 Å². The van der Waals surface area contributed by atoms with Crippen LogP contribution in [0.2, 0.25) is 4.34 Å². The maximum atomic E-state index is 12.0. The van der Waals surface area contributed by atoms with Crippen molar-refractivity contribution in [1.82, 2.24) is 5.32 Å². The number of hydrogen-bond acceptors (Lipinski definition) is 4. The van der Waals surface area contributed by atoms with Gasteiger partial charge in [0.25, 0.3) is 5.91 Å². The average Bonchev–Trinajstić information content (AvgIpc) is 3.22. The van der Waals surface area contributed by atoms with Crippen molar-refractivity contribution in [3.63, 3.8) is 0 Å². The monoisotopic (exact) mass is 363 g/mol. The second kappa shape index (κ2) is 7.27. The number of nitrogens with one attached hydrogen (secondary N) is 1. The summed E-state index contributed by atoms with van der Waals surface area (Å²) in [5.74, 6) is -0.138. The number of thiophene rings is 2. The lowest BCUT2D eigenvalue weighted by Gasteiger charge is -2.08. The molecule has 0 bridgehead atoms. The van der Waals surface area contributed by atoms with E-state index in [9.17, 15) is 9.90 Å². The highest BCUT2D eigenvalue weighted by Gasteiger charge is 2.13. The molecular formula is C17H14ClNO2S2. The lowest BCUT2D eigenvalue weighted by atomic mass is 10.1. The summed E-state index contributed by atoms with van der Waals surface area (Å²) in [6.07, 6.45) is -0.637. The molecule has 1 atom stereocenters. The molecule has 0 aliphatic heterocycles.